The second kappa shape index (κ2) is 8.54. The molecule has 0 spiro atoms. The van der Waals surface area contributed by atoms with Gasteiger partial charge in [0, 0.05) is 28.6 Å². The molecule has 0 aromatic heterocycles. The second-order valence-corrected chi connectivity index (χ2v) is 8.92. The summed E-state index contributed by atoms with van der Waals surface area (Å²) < 4.78 is 5.52. The maximum Gasteiger partial charge on any atom is 0.255 e. The van der Waals surface area contributed by atoms with Gasteiger partial charge in [-0.05, 0) is 23.3 Å². The lowest BCUT2D eigenvalue weighted by molar-refractivity contribution is -0.112. The smallest absolute Gasteiger partial charge is 0.255 e. The minimum absolute atomic E-state index is 0.0706. The van der Waals surface area contributed by atoms with E-state index in [-0.39, 0.29) is 35.8 Å². The van der Waals surface area contributed by atoms with Crippen LogP contribution in [0, 0.1) is 5.41 Å². The van der Waals surface area contributed by atoms with E-state index in [4.69, 9.17) is 4.74 Å². The number of methoxy groups -OCH3 is 1. The summed E-state index contributed by atoms with van der Waals surface area (Å²) in [5.74, 6) is -1.32. The lowest BCUT2D eigenvalue weighted by Crippen LogP contribution is -2.36. The van der Waals surface area contributed by atoms with Crippen molar-refractivity contribution in [3.05, 3.63) is 82.9 Å². The first-order valence-electron chi connectivity index (χ1n) is 10.7. The molecule has 0 unspecified atom stereocenters. The topological polar surface area (TPSA) is 92.7 Å². The summed E-state index contributed by atoms with van der Waals surface area (Å²) in [5.41, 5.74) is 0.440. The van der Waals surface area contributed by atoms with Crippen LogP contribution in [-0.4, -0.2) is 36.2 Å². The van der Waals surface area contributed by atoms with Crippen molar-refractivity contribution >= 4 is 34.0 Å². The number of aliphatic hydroxyl groups excluding tert-OH is 1. The number of rotatable bonds is 6. The molecule has 0 bridgehead atoms. The van der Waals surface area contributed by atoms with Crippen molar-refractivity contribution in [3.8, 4) is 5.75 Å². The zero-order chi connectivity index (χ0) is 23.8. The van der Waals surface area contributed by atoms with Crippen LogP contribution in [0.25, 0.3) is 16.5 Å². The predicted molar refractivity (Wildman–Crippen MR) is 127 cm³/mol. The molecule has 6 heteroatoms. The number of hydrogen-bond donors (Lipinski definition) is 2. The fourth-order valence-corrected chi connectivity index (χ4v) is 4.18. The zero-order valence-corrected chi connectivity index (χ0v) is 18.8. The van der Waals surface area contributed by atoms with Crippen LogP contribution < -0.4 is 10.1 Å². The van der Waals surface area contributed by atoms with E-state index in [1.807, 2.05) is 44.2 Å². The highest BCUT2D eigenvalue weighted by molar-refractivity contribution is 6.52. The van der Waals surface area contributed by atoms with Crippen molar-refractivity contribution in [1.82, 2.24) is 5.32 Å². The number of aliphatic hydroxyl groups is 1. The minimum atomic E-state index is -0.707. The van der Waals surface area contributed by atoms with E-state index >= 15 is 0 Å². The van der Waals surface area contributed by atoms with Crippen LogP contribution in [0.1, 0.15) is 46.5 Å². The Morgan fingerprint density at radius 3 is 2.33 bits per heavy atom. The Bertz CT molecular complexity index is 1320. The third-order valence-corrected chi connectivity index (χ3v) is 5.90. The Morgan fingerprint density at radius 2 is 1.61 bits per heavy atom. The number of nitrogens with one attached hydrogen (secondary N) is 1. The van der Waals surface area contributed by atoms with Gasteiger partial charge in [0.2, 0.25) is 11.6 Å². The van der Waals surface area contributed by atoms with Crippen LogP contribution in [-0.2, 0) is 4.79 Å². The Kier molecular flexibility index (Phi) is 5.77. The molecule has 4 rings (SSSR count). The summed E-state index contributed by atoms with van der Waals surface area (Å²) in [6, 6.07) is 17.8. The highest BCUT2D eigenvalue weighted by Crippen LogP contribution is 2.35. The first-order chi connectivity index (χ1) is 15.7. The van der Waals surface area contributed by atoms with E-state index < -0.39 is 17.0 Å². The lowest BCUT2D eigenvalue weighted by Gasteiger charge is -2.28. The number of fused-ring (bicyclic) bond motifs is 2. The molecule has 0 atom stereocenters. The molecule has 1 aliphatic rings. The molecule has 0 fully saturated rings. The van der Waals surface area contributed by atoms with Crippen molar-refractivity contribution in [3.63, 3.8) is 0 Å². The molecule has 3 aromatic carbocycles. The molecule has 3 aromatic rings. The van der Waals surface area contributed by atoms with Crippen LogP contribution in [0.2, 0.25) is 0 Å². The standard InChI is InChI=1S/C27H25NO5/c1-27(2,14-21-22(29)18-10-6-7-11-19(18)23(30)24(21)31)15-28-26(32)20-13-12-16-8-4-5-9-17(16)25(20)33-3/h4-13,29H,14-15H2,1-3H3,(H,28,32). The van der Waals surface area contributed by atoms with Gasteiger partial charge in [-0.1, -0.05) is 68.4 Å². The third-order valence-electron chi connectivity index (χ3n) is 5.90. The van der Waals surface area contributed by atoms with E-state index in [0.29, 0.717) is 16.9 Å². The van der Waals surface area contributed by atoms with Gasteiger partial charge in [0.25, 0.3) is 5.91 Å². The molecule has 168 valence electrons. The number of ketones is 2. The number of benzene rings is 3. The highest BCUT2D eigenvalue weighted by Gasteiger charge is 2.35. The number of carbonyl (C=O) groups excluding carboxylic acids is 3. The second-order valence-electron chi connectivity index (χ2n) is 8.92. The van der Waals surface area contributed by atoms with Gasteiger partial charge >= 0.3 is 0 Å². The summed E-state index contributed by atoms with van der Waals surface area (Å²) >= 11 is 0. The van der Waals surface area contributed by atoms with Gasteiger partial charge in [-0.2, -0.15) is 0 Å². The Labute approximate surface area is 191 Å². The molecule has 0 radical (unpaired) electrons. The van der Waals surface area contributed by atoms with Gasteiger partial charge in [-0.15, -0.1) is 0 Å². The molecule has 0 heterocycles. The molecule has 1 amide bonds. The minimum Gasteiger partial charge on any atom is -0.507 e. The van der Waals surface area contributed by atoms with Crippen molar-refractivity contribution < 1.29 is 24.2 Å². The fourth-order valence-electron chi connectivity index (χ4n) is 4.18. The number of Topliss-reactive ketones (excluding diaryl/α,β-unsaturated/α-hetero) is 2. The van der Waals surface area contributed by atoms with Gasteiger partial charge in [-0.3, -0.25) is 14.4 Å². The molecule has 0 saturated heterocycles. The van der Waals surface area contributed by atoms with Gasteiger partial charge in [-0.25, -0.2) is 0 Å². The average molecular weight is 443 g/mol. The van der Waals surface area contributed by atoms with Gasteiger partial charge in [0.05, 0.1) is 12.7 Å². The molecular formula is C27H25NO5. The Hall–Kier alpha value is -3.93. The average Bonchev–Trinajstić information content (AvgIpc) is 2.83. The van der Waals surface area contributed by atoms with Crippen LogP contribution in [0.3, 0.4) is 0 Å². The van der Waals surface area contributed by atoms with Gasteiger partial charge in [0.1, 0.15) is 11.5 Å². The number of hydrogen-bond acceptors (Lipinski definition) is 5. The summed E-state index contributed by atoms with van der Waals surface area (Å²) in [6.07, 6.45) is 0.132. The van der Waals surface area contributed by atoms with E-state index in [2.05, 4.69) is 5.32 Å². The van der Waals surface area contributed by atoms with Crippen LogP contribution in [0.4, 0.5) is 0 Å². The molecule has 0 saturated carbocycles. The quantitative estimate of drug-likeness (QED) is 0.538. The maximum absolute atomic E-state index is 13.0. The summed E-state index contributed by atoms with van der Waals surface area (Å²) in [6.45, 7) is 3.95. The molecule has 33 heavy (non-hydrogen) atoms. The van der Waals surface area contributed by atoms with Crippen molar-refractivity contribution in [2.24, 2.45) is 5.41 Å². The first-order valence-corrected chi connectivity index (χ1v) is 10.7. The highest BCUT2D eigenvalue weighted by atomic mass is 16.5. The van der Waals surface area contributed by atoms with E-state index in [0.717, 1.165) is 10.8 Å². The van der Waals surface area contributed by atoms with E-state index in [9.17, 15) is 19.5 Å². The monoisotopic (exact) mass is 443 g/mol. The lowest BCUT2D eigenvalue weighted by atomic mass is 9.79. The summed E-state index contributed by atoms with van der Waals surface area (Å²) in [5, 5.41) is 15.4. The third kappa shape index (κ3) is 4.12. The van der Waals surface area contributed by atoms with Gasteiger partial charge < -0.3 is 15.2 Å². The predicted octanol–water partition coefficient (Wildman–Crippen LogP) is 4.73. The van der Waals surface area contributed by atoms with E-state index in [1.165, 1.54) is 13.2 Å². The number of amides is 1. The van der Waals surface area contributed by atoms with Crippen molar-refractivity contribution in [2.45, 2.75) is 20.3 Å². The largest absolute Gasteiger partial charge is 0.507 e. The van der Waals surface area contributed by atoms with E-state index in [1.54, 1.807) is 24.3 Å². The van der Waals surface area contributed by atoms with Crippen LogP contribution >= 0.6 is 0 Å². The number of ether oxygens (including phenoxy) is 1. The molecular weight excluding hydrogens is 418 g/mol. The number of allylic oxidation sites excluding steroid dienone is 1. The Balaban J connectivity index is 1.54. The Morgan fingerprint density at radius 1 is 0.939 bits per heavy atom. The fraction of sp³-hybridized carbons (Fsp3) is 0.222. The zero-order valence-electron chi connectivity index (χ0n) is 18.8. The van der Waals surface area contributed by atoms with Gasteiger partial charge in [0.15, 0.2) is 0 Å². The SMILES string of the molecule is COc1c(C(=O)NCC(C)(C)CC2=C(O)c3ccccc3C(=O)C2=O)ccc2ccccc12. The van der Waals surface area contributed by atoms with Crippen molar-refractivity contribution in [1.29, 1.82) is 0 Å². The first kappa shape index (κ1) is 22.3. The molecule has 6 nitrogen and oxygen atoms in total. The maximum atomic E-state index is 13.0. The number of carbonyl (C=O) groups is 3. The summed E-state index contributed by atoms with van der Waals surface area (Å²) in [7, 11) is 1.53. The van der Waals surface area contributed by atoms with Crippen LogP contribution in [0.15, 0.2) is 66.2 Å². The molecule has 2 N–H and O–H groups in total. The normalized spacial score (nSPS) is 13.8. The van der Waals surface area contributed by atoms with Crippen molar-refractivity contribution in [2.75, 3.05) is 13.7 Å². The molecule has 0 aliphatic heterocycles. The van der Waals surface area contributed by atoms with Crippen LogP contribution in [0.5, 0.6) is 5.75 Å². The molecule has 1 aliphatic carbocycles. The summed E-state index contributed by atoms with van der Waals surface area (Å²) in [4.78, 5) is 38.2.